The van der Waals surface area contributed by atoms with Gasteiger partial charge in [0, 0.05) is 18.7 Å². The van der Waals surface area contributed by atoms with Crippen LogP contribution in [0.4, 0.5) is 5.82 Å². The maximum absolute atomic E-state index is 10.8. The maximum atomic E-state index is 10.8. The predicted molar refractivity (Wildman–Crippen MR) is 75.8 cm³/mol. The Hall–Kier alpha value is -0.950. The normalized spacial score (nSPS) is 13.2. The fourth-order valence-corrected chi connectivity index (χ4v) is 2.03. The van der Waals surface area contributed by atoms with E-state index in [1.54, 1.807) is 6.92 Å². The quantitative estimate of drug-likeness (QED) is 0.837. The van der Waals surface area contributed by atoms with Crippen molar-refractivity contribution in [1.82, 2.24) is 4.98 Å². The van der Waals surface area contributed by atoms with Gasteiger partial charge in [-0.1, -0.05) is 6.07 Å². The van der Waals surface area contributed by atoms with Crippen molar-refractivity contribution in [2.24, 2.45) is 0 Å². The summed E-state index contributed by atoms with van der Waals surface area (Å²) in [6, 6.07) is 4.25. The van der Waals surface area contributed by atoms with Crippen LogP contribution >= 0.6 is 9.90 Å². The molecule has 0 radical (unpaired) electrons. The Balaban J connectivity index is 0.00000144. The van der Waals surface area contributed by atoms with Gasteiger partial charge in [-0.2, -0.15) is 9.90 Å². The highest BCUT2D eigenvalue weighted by atomic mass is 31.0. The van der Waals surface area contributed by atoms with Crippen molar-refractivity contribution >= 4 is 21.5 Å². The SMILES string of the molecule is CC(=O)CCCc1ccc2c(n1)NCCC2.P. The standard InChI is InChI=1S/C13H18N2O.H3P/c1-10(16)4-2-6-12-8-7-11-5-3-9-14-13(11)15-12;/h7-8H,2-6,9H2,1H3,(H,14,15);1H3. The zero-order valence-corrected chi connectivity index (χ0v) is 11.9. The van der Waals surface area contributed by atoms with Gasteiger partial charge in [0.15, 0.2) is 0 Å². The fraction of sp³-hybridized carbons (Fsp3) is 0.538. The number of carbonyl (C=O) groups excluding carboxylic acids is 1. The van der Waals surface area contributed by atoms with Gasteiger partial charge in [-0.05, 0) is 44.2 Å². The molecule has 0 spiro atoms. The van der Waals surface area contributed by atoms with Gasteiger partial charge < -0.3 is 10.1 Å². The molecule has 1 aliphatic rings. The first kappa shape index (κ1) is 14.1. The number of ketones is 1. The molecule has 3 nitrogen and oxygen atoms in total. The van der Waals surface area contributed by atoms with Crippen molar-refractivity contribution in [2.45, 2.75) is 39.0 Å². The monoisotopic (exact) mass is 252 g/mol. The van der Waals surface area contributed by atoms with Crippen LogP contribution in [0.5, 0.6) is 0 Å². The Morgan fingerprint density at radius 1 is 1.47 bits per heavy atom. The predicted octanol–water partition coefficient (Wildman–Crippen LogP) is 2.41. The number of carbonyl (C=O) groups is 1. The van der Waals surface area contributed by atoms with Gasteiger partial charge in [0.25, 0.3) is 0 Å². The maximum Gasteiger partial charge on any atom is 0.129 e. The molecule has 0 bridgehead atoms. The summed E-state index contributed by atoms with van der Waals surface area (Å²) in [7, 11) is 0. The largest absolute Gasteiger partial charge is 0.370 e. The summed E-state index contributed by atoms with van der Waals surface area (Å²) in [5.41, 5.74) is 2.41. The van der Waals surface area contributed by atoms with E-state index in [2.05, 4.69) is 22.4 Å². The Morgan fingerprint density at radius 2 is 2.29 bits per heavy atom. The molecule has 1 aliphatic heterocycles. The number of pyridine rings is 1. The summed E-state index contributed by atoms with van der Waals surface area (Å²) in [6.45, 7) is 2.67. The van der Waals surface area contributed by atoms with E-state index in [9.17, 15) is 4.79 Å². The molecule has 1 N–H and O–H groups in total. The Kier molecular flexibility index (Phi) is 5.57. The van der Waals surface area contributed by atoms with Gasteiger partial charge in [0.2, 0.25) is 0 Å². The van der Waals surface area contributed by atoms with Gasteiger partial charge >= 0.3 is 0 Å². The van der Waals surface area contributed by atoms with Crippen LogP contribution in [-0.2, 0) is 17.6 Å². The third kappa shape index (κ3) is 4.08. The van der Waals surface area contributed by atoms with Gasteiger partial charge in [0.1, 0.15) is 11.6 Å². The summed E-state index contributed by atoms with van der Waals surface area (Å²) >= 11 is 0. The lowest BCUT2D eigenvalue weighted by molar-refractivity contribution is -0.117. The van der Waals surface area contributed by atoms with Crippen molar-refractivity contribution in [1.29, 1.82) is 0 Å². The van der Waals surface area contributed by atoms with Crippen LogP contribution in [0.2, 0.25) is 0 Å². The lowest BCUT2D eigenvalue weighted by atomic mass is 10.1. The van der Waals surface area contributed by atoms with Gasteiger partial charge in [-0.25, -0.2) is 4.98 Å². The lowest BCUT2D eigenvalue weighted by Gasteiger charge is -2.17. The van der Waals surface area contributed by atoms with E-state index in [4.69, 9.17) is 0 Å². The number of hydrogen-bond donors (Lipinski definition) is 1. The van der Waals surface area contributed by atoms with Crippen LogP contribution in [-0.4, -0.2) is 17.3 Å². The van der Waals surface area contributed by atoms with Gasteiger partial charge in [0.05, 0.1) is 0 Å². The Labute approximate surface area is 106 Å². The number of aromatic nitrogens is 1. The zero-order chi connectivity index (χ0) is 11.4. The Morgan fingerprint density at radius 3 is 3.06 bits per heavy atom. The number of fused-ring (bicyclic) bond motifs is 1. The van der Waals surface area contributed by atoms with Crippen molar-refractivity contribution in [3.05, 3.63) is 23.4 Å². The van der Waals surface area contributed by atoms with Crippen LogP contribution < -0.4 is 5.32 Å². The molecule has 0 amide bonds. The third-order valence-electron chi connectivity index (χ3n) is 2.91. The van der Waals surface area contributed by atoms with Crippen molar-refractivity contribution < 1.29 is 4.79 Å². The summed E-state index contributed by atoms with van der Waals surface area (Å²) in [6.07, 6.45) is 4.78. The second kappa shape index (κ2) is 6.70. The number of anilines is 1. The van der Waals surface area contributed by atoms with Gasteiger partial charge in [-0.3, -0.25) is 0 Å². The highest BCUT2D eigenvalue weighted by molar-refractivity contribution is 6.92. The summed E-state index contributed by atoms with van der Waals surface area (Å²) in [4.78, 5) is 15.4. The first-order valence-corrected chi connectivity index (χ1v) is 5.98. The molecule has 1 atom stereocenters. The minimum Gasteiger partial charge on any atom is -0.370 e. The number of Topliss-reactive ketones (excluding diaryl/α,β-unsaturated/α-hetero) is 1. The van der Waals surface area contributed by atoms with Crippen molar-refractivity contribution in [3.8, 4) is 0 Å². The van der Waals surface area contributed by atoms with E-state index in [1.807, 2.05) is 0 Å². The van der Waals surface area contributed by atoms with E-state index < -0.39 is 0 Å². The molecule has 1 aromatic heterocycles. The second-order valence-corrected chi connectivity index (χ2v) is 4.40. The van der Waals surface area contributed by atoms with E-state index in [1.165, 1.54) is 12.0 Å². The minimum absolute atomic E-state index is 0. The summed E-state index contributed by atoms with van der Waals surface area (Å²) < 4.78 is 0. The number of aryl methyl sites for hydroxylation is 2. The Bertz CT molecular complexity index is 393. The number of nitrogens with zero attached hydrogens (tertiary/aromatic N) is 1. The molecular formula is C13H21N2OP. The molecule has 17 heavy (non-hydrogen) atoms. The summed E-state index contributed by atoms with van der Waals surface area (Å²) in [5, 5.41) is 3.32. The number of rotatable bonds is 4. The van der Waals surface area contributed by atoms with E-state index >= 15 is 0 Å². The minimum atomic E-state index is 0. The highest BCUT2D eigenvalue weighted by Crippen LogP contribution is 2.20. The van der Waals surface area contributed by atoms with Crippen LogP contribution in [0.3, 0.4) is 0 Å². The van der Waals surface area contributed by atoms with Gasteiger partial charge in [-0.15, -0.1) is 0 Å². The second-order valence-electron chi connectivity index (χ2n) is 4.40. The van der Waals surface area contributed by atoms with E-state index in [0.29, 0.717) is 6.42 Å². The van der Waals surface area contributed by atoms with Crippen molar-refractivity contribution in [3.63, 3.8) is 0 Å². The molecule has 4 heteroatoms. The van der Waals surface area contributed by atoms with Crippen LogP contribution in [0, 0.1) is 0 Å². The first-order valence-electron chi connectivity index (χ1n) is 5.98. The molecule has 0 aliphatic carbocycles. The summed E-state index contributed by atoms with van der Waals surface area (Å²) in [5.74, 6) is 1.31. The van der Waals surface area contributed by atoms with Crippen LogP contribution in [0.1, 0.15) is 37.4 Å². The average Bonchev–Trinajstić information content (AvgIpc) is 2.28. The molecule has 1 aromatic rings. The topological polar surface area (TPSA) is 42.0 Å². The first-order chi connectivity index (χ1) is 7.75. The van der Waals surface area contributed by atoms with E-state index in [-0.39, 0.29) is 15.7 Å². The molecule has 94 valence electrons. The molecule has 2 rings (SSSR count). The zero-order valence-electron chi connectivity index (χ0n) is 10.5. The molecule has 2 heterocycles. The molecule has 0 saturated carbocycles. The smallest absolute Gasteiger partial charge is 0.129 e. The molecule has 1 unspecified atom stereocenters. The molecule has 0 aromatic carbocycles. The lowest BCUT2D eigenvalue weighted by Crippen LogP contribution is -2.14. The molecule has 0 saturated heterocycles. The van der Waals surface area contributed by atoms with Crippen LogP contribution in [0.15, 0.2) is 12.1 Å². The fourth-order valence-electron chi connectivity index (χ4n) is 2.03. The highest BCUT2D eigenvalue weighted by Gasteiger charge is 2.09. The van der Waals surface area contributed by atoms with Crippen molar-refractivity contribution in [2.75, 3.05) is 11.9 Å². The number of hydrogen-bond acceptors (Lipinski definition) is 3. The molecule has 0 fully saturated rings. The van der Waals surface area contributed by atoms with Crippen LogP contribution in [0.25, 0.3) is 0 Å². The molecular weight excluding hydrogens is 231 g/mol. The van der Waals surface area contributed by atoms with E-state index in [0.717, 1.165) is 37.3 Å². The third-order valence-corrected chi connectivity index (χ3v) is 2.91. The average molecular weight is 252 g/mol. The number of nitrogens with one attached hydrogen (secondary N) is 1.